The molecule has 1 aromatic rings. The molecule has 0 atom stereocenters. The second-order valence-electron chi connectivity index (χ2n) is 4.59. The van der Waals surface area contributed by atoms with Crippen molar-refractivity contribution in [1.82, 2.24) is 4.31 Å². The Labute approximate surface area is 110 Å². The summed E-state index contributed by atoms with van der Waals surface area (Å²) >= 11 is 0. The number of rotatable bonds is 6. The first-order valence-corrected chi connectivity index (χ1v) is 7.31. The summed E-state index contributed by atoms with van der Waals surface area (Å²) < 4.78 is 38.6. The first-order valence-electron chi connectivity index (χ1n) is 5.87. The zero-order chi connectivity index (χ0) is 14.0. The topological polar surface area (TPSA) is 74.7 Å². The number of benzene rings is 1. The average Bonchev–Trinajstić information content (AvgIpc) is 3.11. The molecule has 104 valence electrons. The van der Waals surface area contributed by atoms with Gasteiger partial charge in [0.25, 0.3) is 0 Å². The molecule has 0 bridgehead atoms. The van der Waals surface area contributed by atoms with E-state index >= 15 is 0 Å². The molecule has 0 spiro atoms. The van der Waals surface area contributed by atoms with Gasteiger partial charge in [-0.1, -0.05) is 6.07 Å². The number of aliphatic carboxylic acids is 1. The monoisotopic (exact) mass is 287 g/mol. The van der Waals surface area contributed by atoms with Gasteiger partial charge in [-0.3, -0.25) is 4.79 Å². The fourth-order valence-corrected chi connectivity index (χ4v) is 3.26. The Bertz CT molecular complexity index is 583. The minimum Gasteiger partial charge on any atom is -0.480 e. The summed E-state index contributed by atoms with van der Waals surface area (Å²) in [6, 6.07) is 4.59. The fourth-order valence-electron chi connectivity index (χ4n) is 1.76. The van der Waals surface area contributed by atoms with Crippen LogP contribution in [0.4, 0.5) is 4.39 Å². The van der Waals surface area contributed by atoms with Gasteiger partial charge in [0.2, 0.25) is 10.0 Å². The molecule has 2 rings (SSSR count). The second-order valence-corrected chi connectivity index (χ2v) is 6.53. The average molecular weight is 287 g/mol. The lowest BCUT2D eigenvalue weighted by atomic mass is 10.4. The summed E-state index contributed by atoms with van der Waals surface area (Å²) in [4.78, 5) is 10.6. The molecule has 1 fully saturated rings. The molecule has 1 aliphatic rings. The minimum atomic E-state index is -3.96. The molecule has 1 aromatic carbocycles. The molecule has 0 amide bonds. The molecule has 0 saturated heterocycles. The number of sulfonamides is 1. The fraction of sp³-hybridized carbons (Fsp3) is 0.417. The van der Waals surface area contributed by atoms with E-state index < -0.39 is 28.4 Å². The molecular weight excluding hydrogens is 273 g/mol. The van der Waals surface area contributed by atoms with E-state index in [1.54, 1.807) is 0 Å². The molecule has 0 radical (unpaired) electrons. The van der Waals surface area contributed by atoms with Gasteiger partial charge in [0.05, 0.1) is 4.90 Å². The molecule has 5 nitrogen and oxygen atoms in total. The number of carbonyl (C=O) groups is 1. The van der Waals surface area contributed by atoms with Gasteiger partial charge in [-0.2, -0.15) is 4.31 Å². The van der Waals surface area contributed by atoms with E-state index in [1.807, 2.05) is 0 Å². The van der Waals surface area contributed by atoms with Crippen molar-refractivity contribution in [2.75, 3.05) is 13.1 Å². The maximum absolute atomic E-state index is 13.1. The Morgan fingerprint density at radius 2 is 2.11 bits per heavy atom. The van der Waals surface area contributed by atoms with Gasteiger partial charge in [0, 0.05) is 6.54 Å². The van der Waals surface area contributed by atoms with Crippen LogP contribution in [0.2, 0.25) is 0 Å². The normalized spacial score (nSPS) is 15.7. The largest absolute Gasteiger partial charge is 0.480 e. The van der Waals surface area contributed by atoms with Gasteiger partial charge in [0.1, 0.15) is 12.4 Å². The van der Waals surface area contributed by atoms with Crippen LogP contribution in [0.5, 0.6) is 0 Å². The third kappa shape index (κ3) is 3.51. The van der Waals surface area contributed by atoms with Crippen molar-refractivity contribution in [3.63, 3.8) is 0 Å². The SMILES string of the molecule is O=C(O)CN(CC1CC1)S(=O)(=O)c1cccc(F)c1. The lowest BCUT2D eigenvalue weighted by Crippen LogP contribution is -2.37. The maximum atomic E-state index is 13.1. The van der Waals surface area contributed by atoms with Crippen LogP contribution in [-0.4, -0.2) is 36.9 Å². The van der Waals surface area contributed by atoms with E-state index in [4.69, 9.17) is 5.11 Å². The van der Waals surface area contributed by atoms with Crippen LogP contribution in [0.25, 0.3) is 0 Å². The van der Waals surface area contributed by atoms with E-state index in [-0.39, 0.29) is 17.4 Å². The zero-order valence-corrected chi connectivity index (χ0v) is 10.9. The van der Waals surface area contributed by atoms with Crippen LogP contribution in [0.3, 0.4) is 0 Å². The van der Waals surface area contributed by atoms with Gasteiger partial charge in [-0.05, 0) is 37.0 Å². The van der Waals surface area contributed by atoms with E-state index in [0.717, 1.165) is 29.3 Å². The van der Waals surface area contributed by atoms with Crippen molar-refractivity contribution in [2.45, 2.75) is 17.7 Å². The van der Waals surface area contributed by atoms with Crippen molar-refractivity contribution in [3.05, 3.63) is 30.1 Å². The Morgan fingerprint density at radius 1 is 1.42 bits per heavy atom. The first kappa shape index (κ1) is 14.0. The molecular formula is C12H14FNO4S. The van der Waals surface area contributed by atoms with Crippen LogP contribution in [0, 0.1) is 11.7 Å². The molecule has 1 aliphatic carbocycles. The molecule has 0 aliphatic heterocycles. The Hall–Kier alpha value is -1.47. The van der Waals surface area contributed by atoms with Crippen LogP contribution in [-0.2, 0) is 14.8 Å². The number of halogens is 1. The molecule has 7 heteroatoms. The highest BCUT2D eigenvalue weighted by atomic mass is 32.2. The minimum absolute atomic E-state index is 0.172. The van der Waals surface area contributed by atoms with Gasteiger partial charge < -0.3 is 5.11 Å². The van der Waals surface area contributed by atoms with Crippen molar-refractivity contribution in [1.29, 1.82) is 0 Å². The predicted molar refractivity (Wildman–Crippen MR) is 65.5 cm³/mol. The molecule has 1 saturated carbocycles. The molecule has 1 N–H and O–H groups in total. The summed E-state index contributed by atoms with van der Waals surface area (Å²) in [5.41, 5.74) is 0. The lowest BCUT2D eigenvalue weighted by molar-refractivity contribution is -0.137. The standard InChI is InChI=1S/C12H14FNO4S/c13-10-2-1-3-11(6-10)19(17,18)14(8-12(15)16)7-9-4-5-9/h1-3,6,9H,4-5,7-8H2,(H,15,16). The molecule has 0 heterocycles. The quantitative estimate of drug-likeness (QED) is 0.856. The highest BCUT2D eigenvalue weighted by Gasteiger charge is 2.33. The van der Waals surface area contributed by atoms with Crippen molar-refractivity contribution in [3.8, 4) is 0 Å². The van der Waals surface area contributed by atoms with Crippen LogP contribution in [0.15, 0.2) is 29.2 Å². The Morgan fingerprint density at radius 3 is 2.63 bits per heavy atom. The number of hydrogen-bond acceptors (Lipinski definition) is 3. The third-order valence-corrected chi connectivity index (χ3v) is 4.71. The molecule has 19 heavy (non-hydrogen) atoms. The van der Waals surface area contributed by atoms with Gasteiger partial charge in [0.15, 0.2) is 0 Å². The van der Waals surface area contributed by atoms with E-state index in [9.17, 15) is 17.6 Å². The predicted octanol–water partition coefficient (Wildman–Crippen LogP) is 1.31. The smallest absolute Gasteiger partial charge is 0.318 e. The van der Waals surface area contributed by atoms with Crippen molar-refractivity contribution in [2.24, 2.45) is 5.92 Å². The van der Waals surface area contributed by atoms with Crippen LogP contribution < -0.4 is 0 Å². The Kier molecular flexibility index (Phi) is 3.86. The zero-order valence-electron chi connectivity index (χ0n) is 10.1. The van der Waals surface area contributed by atoms with Crippen molar-refractivity contribution >= 4 is 16.0 Å². The van der Waals surface area contributed by atoms with E-state index in [1.165, 1.54) is 12.1 Å². The van der Waals surface area contributed by atoms with Crippen molar-refractivity contribution < 1.29 is 22.7 Å². The first-order chi connectivity index (χ1) is 8.89. The van der Waals surface area contributed by atoms with E-state index in [0.29, 0.717) is 0 Å². The summed E-state index contributed by atoms with van der Waals surface area (Å²) in [5.74, 6) is -1.67. The number of carboxylic acid groups (broad SMARTS) is 1. The van der Waals surface area contributed by atoms with E-state index in [2.05, 4.69) is 0 Å². The van der Waals surface area contributed by atoms with Crippen LogP contribution >= 0.6 is 0 Å². The summed E-state index contributed by atoms with van der Waals surface area (Å²) in [5, 5.41) is 8.80. The molecule has 0 unspecified atom stereocenters. The summed E-state index contributed by atoms with van der Waals surface area (Å²) in [7, 11) is -3.96. The number of nitrogens with zero attached hydrogens (tertiary/aromatic N) is 1. The summed E-state index contributed by atoms with van der Waals surface area (Å²) in [6.07, 6.45) is 1.80. The maximum Gasteiger partial charge on any atom is 0.318 e. The highest BCUT2D eigenvalue weighted by Crippen LogP contribution is 2.31. The highest BCUT2D eigenvalue weighted by molar-refractivity contribution is 7.89. The number of carboxylic acids is 1. The van der Waals surface area contributed by atoms with Crippen LogP contribution in [0.1, 0.15) is 12.8 Å². The Balaban J connectivity index is 2.29. The summed E-state index contributed by atoms with van der Waals surface area (Å²) in [6.45, 7) is -0.430. The van der Waals surface area contributed by atoms with Gasteiger partial charge in [-0.15, -0.1) is 0 Å². The van der Waals surface area contributed by atoms with Gasteiger partial charge in [-0.25, -0.2) is 12.8 Å². The molecule has 0 aromatic heterocycles. The third-order valence-electron chi connectivity index (χ3n) is 2.90. The lowest BCUT2D eigenvalue weighted by Gasteiger charge is -2.20. The van der Waals surface area contributed by atoms with Gasteiger partial charge >= 0.3 is 5.97 Å². The second kappa shape index (κ2) is 5.26. The number of hydrogen-bond donors (Lipinski definition) is 1.